The molecule has 1 saturated carbocycles. The first-order valence-corrected chi connectivity index (χ1v) is 9.03. The molecule has 0 spiro atoms. The van der Waals surface area contributed by atoms with Gasteiger partial charge in [0.15, 0.2) is 0 Å². The van der Waals surface area contributed by atoms with E-state index in [1.165, 1.54) is 48.6 Å². The van der Waals surface area contributed by atoms with E-state index in [-0.39, 0.29) is 0 Å². The molecule has 0 radical (unpaired) electrons. The van der Waals surface area contributed by atoms with Crippen LogP contribution >= 0.6 is 15.9 Å². The number of rotatable bonds is 8. The molecule has 0 saturated heterocycles. The maximum absolute atomic E-state index is 5.13. The third-order valence-corrected chi connectivity index (χ3v) is 5.15. The smallest absolute Gasteiger partial charge is 0.0587 e. The highest BCUT2D eigenvalue weighted by Crippen LogP contribution is 2.32. The first-order valence-electron chi connectivity index (χ1n) is 8.23. The van der Waals surface area contributed by atoms with Gasteiger partial charge in [-0.15, -0.1) is 0 Å². The highest BCUT2D eigenvalue weighted by Gasteiger charge is 2.23. The van der Waals surface area contributed by atoms with Crippen LogP contribution in [0.15, 0.2) is 28.7 Å². The fourth-order valence-electron chi connectivity index (χ4n) is 3.40. The summed E-state index contributed by atoms with van der Waals surface area (Å²) >= 11 is 3.52. The second-order valence-electron chi connectivity index (χ2n) is 6.19. The van der Waals surface area contributed by atoms with Crippen LogP contribution in [0.2, 0.25) is 0 Å². The van der Waals surface area contributed by atoms with Crippen molar-refractivity contribution in [2.75, 3.05) is 26.8 Å². The molecule has 3 heteroatoms. The molecular formula is C18H28BrNO. The predicted octanol–water partition coefficient (Wildman–Crippen LogP) is 4.42. The molecule has 1 aromatic rings. The van der Waals surface area contributed by atoms with Crippen LogP contribution in [-0.4, -0.2) is 26.8 Å². The minimum Gasteiger partial charge on any atom is -0.383 e. The molecule has 0 aromatic heterocycles. The number of nitrogens with one attached hydrogen (secondary N) is 1. The zero-order valence-electron chi connectivity index (χ0n) is 13.1. The largest absolute Gasteiger partial charge is 0.383 e. The standard InChI is InChI=1S/C18H28BrNO/c1-21-12-11-20-14-17(16-5-3-2-4-6-16)13-15-7-9-18(19)10-8-15/h7-10,16-17,20H,2-6,11-14H2,1H3. The minimum atomic E-state index is 0.753. The molecule has 0 amide bonds. The summed E-state index contributed by atoms with van der Waals surface area (Å²) in [7, 11) is 1.77. The average Bonchev–Trinajstić information content (AvgIpc) is 2.53. The number of hydrogen-bond donors (Lipinski definition) is 1. The van der Waals surface area contributed by atoms with Crippen molar-refractivity contribution in [3.63, 3.8) is 0 Å². The van der Waals surface area contributed by atoms with Crippen LogP contribution in [-0.2, 0) is 11.2 Å². The van der Waals surface area contributed by atoms with Crippen LogP contribution in [0.25, 0.3) is 0 Å². The van der Waals surface area contributed by atoms with Gasteiger partial charge < -0.3 is 10.1 Å². The van der Waals surface area contributed by atoms with E-state index < -0.39 is 0 Å². The average molecular weight is 354 g/mol. The van der Waals surface area contributed by atoms with Crippen LogP contribution in [0.4, 0.5) is 0 Å². The van der Waals surface area contributed by atoms with E-state index in [2.05, 4.69) is 45.5 Å². The Balaban J connectivity index is 1.91. The van der Waals surface area contributed by atoms with Crippen molar-refractivity contribution in [2.24, 2.45) is 11.8 Å². The lowest BCUT2D eigenvalue weighted by Gasteiger charge is -2.31. The number of halogens is 1. The highest BCUT2D eigenvalue weighted by atomic mass is 79.9. The maximum Gasteiger partial charge on any atom is 0.0587 e. The second kappa shape index (κ2) is 9.60. The predicted molar refractivity (Wildman–Crippen MR) is 92.7 cm³/mol. The van der Waals surface area contributed by atoms with Gasteiger partial charge in [0.1, 0.15) is 0 Å². The first-order chi connectivity index (χ1) is 10.3. The van der Waals surface area contributed by atoms with Crippen LogP contribution in [0.1, 0.15) is 37.7 Å². The Morgan fingerprint density at radius 3 is 2.57 bits per heavy atom. The molecule has 1 atom stereocenters. The molecule has 1 fully saturated rings. The summed E-state index contributed by atoms with van der Waals surface area (Å²) in [5.74, 6) is 1.64. The summed E-state index contributed by atoms with van der Waals surface area (Å²) in [6.45, 7) is 2.87. The fraction of sp³-hybridized carbons (Fsp3) is 0.667. The minimum absolute atomic E-state index is 0.753. The summed E-state index contributed by atoms with van der Waals surface area (Å²) in [6.07, 6.45) is 8.27. The van der Waals surface area contributed by atoms with E-state index in [4.69, 9.17) is 4.74 Å². The molecule has 0 aliphatic heterocycles. The molecule has 1 N–H and O–H groups in total. The number of ether oxygens (including phenoxy) is 1. The van der Waals surface area contributed by atoms with Gasteiger partial charge in [0.25, 0.3) is 0 Å². The van der Waals surface area contributed by atoms with Gasteiger partial charge in [-0.3, -0.25) is 0 Å². The topological polar surface area (TPSA) is 21.3 Å². The Hall–Kier alpha value is -0.380. The van der Waals surface area contributed by atoms with Gasteiger partial charge in [-0.1, -0.05) is 60.2 Å². The summed E-state index contributed by atoms with van der Waals surface area (Å²) in [5.41, 5.74) is 1.46. The van der Waals surface area contributed by atoms with Crippen molar-refractivity contribution in [1.82, 2.24) is 5.32 Å². The lowest BCUT2D eigenvalue weighted by molar-refractivity contribution is 0.190. The molecule has 0 heterocycles. The normalized spacial score (nSPS) is 17.8. The van der Waals surface area contributed by atoms with Crippen LogP contribution in [0, 0.1) is 11.8 Å². The van der Waals surface area contributed by atoms with Crippen molar-refractivity contribution >= 4 is 15.9 Å². The maximum atomic E-state index is 5.13. The summed E-state index contributed by atoms with van der Waals surface area (Å²) < 4.78 is 6.30. The van der Waals surface area contributed by atoms with Crippen molar-refractivity contribution in [1.29, 1.82) is 0 Å². The molecule has 0 bridgehead atoms. The van der Waals surface area contributed by atoms with E-state index in [9.17, 15) is 0 Å². The highest BCUT2D eigenvalue weighted by molar-refractivity contribution is 9.10. The van der Waals surface area contributed by atoms with Crippen LogP contribution in [0.3, 0.4) is 0 Å². The van der Waals surface area contributed by atoms with E-state index in [0.29, 0.717) is 0 Å². The monoisotopic (exact) mass is 353 g/mol. The van der Waals surface area contributed by atoms with Gasteiger partial charge in [-0.2, -0.15) is 0 Å². The van der Waals surface area contributed by atoms with E-state index in [0.717, 1.165) is 31.5 Å². The SMILES string of the molecule is COCCNCC(Cc1ccc(Br)cc1)C1CCCCC1. The molecule has 2 nitrogen and oxygen atoms in total. The lowest BCUT2D eigenvalue weighted by atomic mass is 9.77. The van der Waals surface area contributed by atoms with Crippen molar-refractivity contribution in [3.8, 4) is 0 Å². The molecule has 1 unspecified atom stereocenters. The van der Waals surface area contributed by atoms with Crippen LogP contribution < -0.4 is 5.32 Å². The van der Waals surface area contributed by atoms with Gasteiger partial charge in [0.05, 0.1) is 6.61 Å². The van der Waals surface area contributed by atoms with E-state index >= 15 is 0 Å². The zero-order chi connectivity index (χ0) is 14.9. The van der Waals surface area contributed by atoms with Gasteiger partial charge >= 0.3 is 0 Å². The molecule has 1 aromatic carbocycles. The molecule has 21 heavy (non-hydrogen) atoms. The summed E-state index contributed by atoms with van der Waals surface area (Å²) in [5, 5.41) is 3.58. The third-order valence-electron chi connectivity index (χ3n) is 4.62. The summed E-state index contributed by atoms with van der Waals surface area (Å²) in [6, 6.07) is 8.83. The zero-order valence-corrected chi connectivity index (χ0v) is 14.7. The molecule has 118 valence electrons. The van der Waals surface area contributed by atoms with Gasteiger partial charge in [-0.25, -0.2) is 0 Å². The summed E-state index contributed by atoms with van der Waals surface area (Å²) in [4.78, 5) is 0. The van der Waals surface area contributed by atoms with Crippen molar-refractivity contribution in [3.05, 3.63) is 34.3 Å². The Bertz CT molecular complexity index is 387. The number of hydrogen-bond acceptors (Lipinski definition) is 2. The van der Waals surface area contributed by atoms with E-state index in [1.54, 1.807) is 7.11 Å². The molecular weight excluding hydrogens is 326 g/mol. The van der Waals surface area contributed by atoms with Gasteiger partial charge in [0, 0.05) is 18.1 Å². The number of benzene rings is 1. The Morgan fingerprint density at radius 2 is 1.90 bits per heavy atom. The first kappa shape index (κ1) is 17.0. The second-order valence-corrected chi connectivity index (χ2v) is 7.10. The van der Waals surface area contributed by atoms with Gasteiger partial charge in [-0.05, 0) is 42.5 Å². The lowest BCUT2D eigenvalue weighted by Crippen LogP contribution is -2.32. The van der Waals surface area contributed by atoms with E-state index in [1.807, 2.05) is 0 Å². The third kappa shape index (κ3) is 6.09. The molecule has 2 rings (SSSR count). The molecule has 1 aliphatic rings. The Kier molecular flexibility index (Phi) is 7.76. The van der Waals surface area contributed by atoms with Gasteiger partial charge in [0.2, 0.25) is 0 Å². The Morgan fingerprint density at radius 1 is 1.19 bits per heavy atom. The number of methoxy groups -OCH3 is 1. The Labute approximate surface area is 137 Å². The molecule has 1 aliphatic carbocycles. The van der Waals surface area contributed by atoms with Crippen LogP contribution in [0.5, 0.6) is 0 Å². The quantitative estimate of drug-likeness (QED) is 0.698. The van der Waals surface area contributed by atoms with Crippen molar-refractivity contribution < 1.29 is 4.74 Å². The van der Waals surface area contributed by atoms with Crippen molar-refractivity contribution in [2.45, 2.75) is 38.5 Å². The fourth-order valence-corrected chi connectivity index (χ4v) is 3.66.